The number of aryl methyl sites for hydroxylation is 2. The highest BCUT2D eigenvalue weighted by atomic mass is 35.5. The molecule has 0 aliphatic heterocycles. The first-order chi connectivity index (χ1) is 13.5. The van der Waals surface area contributed by atoms with E-state index in [4.69, 9.17) is 11.6 Å². The molecule has 0 unspecified atom stereocenters. The fraction of sp³-hybridized carbons (Fsp3) is 0.217. The molecule has 5 heteroatoms. The number of carbonyl (C=O) groups is 1. The number of rotatable bonds is 6. The van der Waals surface area contributed by atoms with E-state index in [9.17, 15) is 4.79 Å². The van der Waals surface area contributed by atoms with Crippen molar-refractivity contribution < 1.29 is 4.79 Å². The molecule has 0 aliphatic rings. The maximum atomic E-state index is 12.4. The Morgan fingerprint density at radius 1 is 1.11 bits per heavy atom. The van der Waals surface area contributed by atoms with Crippen molar-refractivity contribution in [3.05, 3.63) is 87.7 Å². The van der Waals surface area contributed by atoms with Gasteiger partial charge in [-0.3, -0.25) is 9.48 Å². The van der Waals surface area contributed by atoms with Gasteiger partial charge in [-0.05, 0) is 49.6 Å². The van der Waals surface area contributed by atoms with Crippen molar-refractivity contribution >= 4 is 29.3 Å². The molecule has 3 rings (SSSR count). The van der Waals surface area contributed by atoms with E-state index in [-0.39, 0.29) is 5.91 Å². The largest absolute Gasteiger partial charge is 0.322 e. The average molecular weight is 394 g/mol. The minimum Gasteiger partial charge on any atom is -0.322 e. The van der Waals surface area contributed by atoms with Crippen LogP contribution in [0.4, 0.5) is 5.69 Å². The minimum atomic E-state index is -0.154. The summed E-state index contributed by atoms with van der Waals surface area (Å²) in [4.78, 5) is 12.4. The Morgan fingerprint density at radius 3 is 2.50 bits per heavy atom. The second-order valence-corrected chi connectivity index (χ2v) is 7.07. The van der Waals surface area contributed by atoms with Crippen LogP contribution in [0, 0.1) is 13.8 Å². The third-order valence-corrected chi connectivity index (χ3v) is 5.14. The summed E-state index contributed by atoms with van der Waals surface area (Å²) in [5.41, 5.74) is 5.80. The van der Waals surface area contributed by atoms with Crippen molar-refractivity contribution in [2.75, 3.05) is 5.32 Å². The predicted octanol–water partition coefficient (Wildman–Crippen LogP) is 5.42. The number of nitrogens with one attached hydrogen (secondary N) is 1. The van der Waals surface area contributed by atoms with Gasteiger partial charge in [0.2, 0.25) is 5.91 Å². The Morgan fingerprint density at radius 2 is 1.79 bits per heavy atom. The molecule has 1 N–H and O–H groups in total. The topological polar surface area (TPSA) is 46.9 Å². The molecular weight excluding hydrogens is 370 g/mol. The molecule has 0 saturated carbocycles. The standard InChI is InChI=1S/C23H24ClN3O/c1-4-18-9-6-8-12-22(18)25-23(28)14-13-20-16(2)26-27(17(20)3)15-19-10-5-7-11-21(19)24/h5-14H,4,15H2,1-3H3,(H,25,28)/b14-13+. The smallest absolute Gasteiger partial charge is 0.248 e. The quantitative estimate of drug-likeness (QED) is 0.568. The Hall–Kier alpha value is -2.85. The van der Waals surface area contributed by atoms with Crippen molar-refractivity contribution in [3.63, 3.8) is 0 Å². The van der Waals surface area contributed by atoms with Crippen LogP contribution >= 0.6 is 11.6 Å². The second-order valence-electron chi connectivity index (χ2n) is 6.67. The first kappa shape index (κ1) is 19.9. The summed E-state index contributed by atoms with van der Waals surface area (Å²) >= 11 is 6.27. The molecule has 4 nitrogen and oxygen atoms in total. The molecule has 1 amide bonds. The molecule has 0 fully saturated rings. The van der Waals surface area contributed by atoms with Crippen molar-refractivity contribution in [1.82, 2.24) is 9.78 Å². The van der Waals surface area contributed by atoms with Crippen molar-refractivity contribution in [2.24, 2.45) is 0 Å². The van der Waals surface area contributed by atoms with E-state index in [0.717, 1.165) is 45.2 Å². The van der Waals surface area contributed by atoms with Gasteiger partial charge < -0.3 is 5.32 Å². The first-order valence-corrected chi connectivity index (χ1v) is 9.71. The van der Waals surface area contributed by atoms with Crippen molar-refractivity contribution in [1.29, 1.82) is 0 Å². The summed E-state index contributed by atoms with van der Waals surface area (Å²) < 4.78 is 1.92. The van der Waals surface area contributed by atoms with E-state index in [1.807, 2.05) is 73.1 Å². The lowest BCUT2D eigenvalue weighted by Gasteiger charge is -2.07. The van der Waals surface area contributed by atoms with Gasteiger partial charge in [0.15, 0.2) is 0 Å². The highest BCUT2D eigenvalue weighted by Crippen LogP contribution is 2.21. The molecule has 0 spiro atoms. The van der Waals surface area contributed by atoms with Crippen LogP contribution in [0.3, 0.4) is 0 Å². The third kappa shape index (κ3) is 4.52. The van der Waals surface area contributed by atoms with E-state index >= 15 is 0 Å². The number of carbonyl (C=O) groups excluding carboxylic acids is 1. The summed E-state index contributed by atoms with van der Waals surface area (Å²) in [5, 5.41) is 8.29. The molecule has 2 aromatic carbocycles. The summed E-state index contributed by atoms with van der Waals surface area (Å²) in [6.45, 7) is 6.61. The molecule has 3 aromatic rings. The third-order valence-electron chi connectivity index (χ3n) is 4.77. The summed E-state index contributed by atoms with van der Waals surface area (Å²) in [6, 6.07) is 15.6. The van der Waals surface area contributed by atoms with E-state index < -0.39 is 0 Å². The predicted molar refractivity (Wildman–Crippen MR) is 116 cm³/mol. The molecule has 0 atom stereocenters. The fourth-order valence-corrected chi connectivity index (χ4v) is 3.37. The number of anilines is 1. The lowest BCUT2D eigenvalue weighted by atomic mass is 10.1. The van der Waals surface area contributed by atoms with Gasteiger partial charge in [0.1, 0.15) is 0 Å². The van der Waals surface area contributed by atoms with Crippen LogP contribution in [-0.4, -0.2) is 15.7 Å². The zero-order chi connectivity index (χ0) is 20.1. The summed E-state index contributed by atoms with van der Waals surface area (Å²) in [5.74, 6) is -0.154. The Bertz CT molecular complexity index is 1020. The SMILES string of the molecule is CCc1ccccc1NC(=O)/C=C/c1c(C)nn(Cc2ccccc2Cl)c1C. The first-order valence-electron chi connectivity index (χ1n) is 9.34. The zero-order valence-corrected chi connectivity index (χ0v) is 17.1. The molecule has 144 valence electrons. The van der Waals surface area contributed by atoms with Gasteiger partial charge in [-0.2, -0.15) is 5.10 Å². The summed E-state index contributed by atoms with van der Waals surface area (Å²) in [7, 11) is 0. The molecular formula is C23H24ClN3O. The zero-order valence-electron chi connectivity index (χ0n) is 16.4. The van der Waals surface area contributed by atoms with Gasteiger partial charge in [0, 0.05) is 28.0 Å². The maximum Gasteiger partial charge on any atom is 0.248 e. The Kier molecular flexibility index (Phi) is 6.32. The van der Waals surface area contributed by atoms with E-state index in [2.05, 4.69) is 17.3 Å². The van der Waals surface area contributed by atoms with Crippen LogP contribution in [0.2, 0.25) is 5.02 Å². The Balaban J connectivity index is 1.76. The number of hydrogen-bond donors (Lipinski definition) is 1. The van der Waals surface area contributed by atoms with Crippen molar-refractivity contribution in [2.45, 2.75) is 33.7 Å². The van der Waals surface area contributed by atoms with Gasteiger partial charge in [-0.1, -0.05) is 54.9 Å². The maximum absolute atomic E-state index is 12.4. The molecule has 1 heterocycles. The monoisotopic (exact) mass is 393 g/mol. The van der Waals surface area contributed by atoms with Crippen LogP contribution in [0.25, 0.3) is 6.08 Å². The van der Waals surface area contributed by atoms with Gasteiger partial charge in [-0.15, -0.1) is 0 Å². The normalized spacial score (nSPS) is 11.1. The highest BCUT2D eigenvalue weighted by molar-refractivity contribution is 6.31. The number of hydrogen-bond acceptors (Lipinski definition) is 2. The fourth-order valence-electron chi connectivity index (χ4n) is 3.18. The number of halogens is 1. The van der Waals surface area contributed by atoms with Crippen LogP contribution in [0.5, 0.6) is 0 Å². The molecule has 0 saturated heterocycles. The number of nitrogens with zero attached hydrogens (tertiary/aromatic N) is 2. The molecule has 0 aliphatic carbocycles. The van der Waals surface area contributed by atoms with Gasteiger partial charge in [-0.25, -0.2) is 0 Å². The van der Waals surface area contributed by atoms with Crippen LogP contribution in [0.1, 0.15) is 35.0 Å². The van der Waals surface area contributed by atoms with Gasteiger partial charge in [0.05, 0.1) is 12.2 Å². The number of amides is 1. The number of para-hydroxylation sites is 1. The summed E-state index contributed by atoms with van der Waals surface area (Å²) in [6.07, 6.45) is 4.25. The van der Waals surface area contributed by atoms with Gasteiger partial charge in [0.25, 0.3) is 0 Å². The Labute approximate surface area is 170 Å². The average Bonchev–Trinajstić information content (AvgIpc) is 2.95. The lowest BCUT2D eigenvalue weighted by Crippen LogP contribution is -2.09. The minimum absolute atomic E-state index is 0.154. The molecule has 1 aromatic heterocycles. The van der Waals surface area contributed by atoms with Crippen LogP contribution in [0.15, 0.2) is 54.6 Å². The van der Waals surface area contributed by atoms with E-state index in [1.54, 1.807) is 6.08 Å². The van der Waals surface area contributed by atoms with Crippen LogP contribution < -0.4 is 5.32 Å². The molecule has 28 heavy (non-hydrogen) atoms. The van der Waals surface area contributed by atoms with E-state index in [0.29, 0.717) is 6.54 Å². The molecule has 0 radical (unpaired) electrons. The molecule has 0 bridgehead atoms. The van der Waals surface area contributed by atoms with Crippen LogP contribution in [-0.2, 0) is 17.8 Å². The highest BCUT2D eigenvalue weighted by Gasteiger charge is 2.11. The number of benzene rings is 2. The van der Waals surface area contributed by atoms with E-state index in [1.165, 1.54) is 0 Å². The van der Waals surface area contributed by atoms with Gasteiger partial charge >= 0.3 is 0 Å². The lowest BCUT2D eigenvalue weighted by molar-refractivity contribution is -0.111. The number of aromatic nitrogens is 2. The second kappa shape index (κ2) is 8.89. The van der Waals surface area contributed by atoms with Crippen molar-refractivity contribution in [3.8, 4) is 0 Å².